The largest absolute Gasteiger partial charge is 0.365 e. The van der Waals surface area contributed by atoms with Gasteiger partial charge in [-0.05, 0) is 61.4 Å². The summed E-state index contributed by atoms with van der Waals surface area (Å²) in [5, 5.41) is 11.8. The Morgan fingerprint density at radius 1 is 1.08 bits per heavy atom. The van der Waals surface area contributed by atoms with E-state index in [1.807, 2.05) is 32.0 Å². The topological polar surface area (TPSA) is 101 Å². The lowest BCUT2D eigenvalue weighted by Gasteiger charge is -2.41. The lowest BCUT2D eigenvalue weighted by Crippen LogP contribution is -2.53. The molecule has 36 heavy (non-hydrogen) atoms. The number of benzene rings is 3. The number of aryl methyl sites for hydroxylation is 1. The first-order valence-electron chi connectivity index (χ1n) is 11.4. The molecule has 1 aliphatic rings. The van der Waals surface area contributed by atoms with Crippen LogP contribution in [-0.4, -0.2) is 49.8 Å². The summed E-state index contributed by atoms with van der Waals surface area (Å²) in [5.41, 5.74) is 1.74. The average molecular weight is 512 g/mol. The monoisotopic (exact) mass is 511 g/mol. The van der Waals surface area contributed by atoms with Gasteiger partial charge in [0.1, 0.15) is 10.7 Å². The number of hydrogen-bond acceptors (Lipinski definition) is 6. The molecule has 1 atom stereocenters. The van der Waals surface area contributed by atoms with Crippen LogP contribution in [0, 0.1) is 22.9 Å². The van der Waals surface area contributed by atoms with Crippen LogP contribution in [0.1, 0.15) is 28.4 Å². The number of nitro benzene ring substituents is 1. The van der Waals surface area contributed by atoms with E-state index < -0.39 is 42.8 Å². The van der Waals surface area contributed by atoms with Crippen molar-refractivity contribution in [1.82, 2.24) is 4.90 Å². The molecular formula is C26H26FN3O5S. The van der Waals surface area contributed by atoms with Crippen LogP contribution in [0.2, 0.25) is 0 Å². The average Bonchev–Trinajstić information content (AvgIpc) is 2.82. The van der Waals surface area contributed by atoms with Gasteiger partial charge >= 0.3 is 0 Å². The molecule has 10 heteroatoms. The Balaban J connectivity index is 1.55. The third kappa shape index (κ3) is 5.38. The molecule has 4 rings (SSSR count). The number of piperazine rings is 1. The standard InChI is InChI=1S/C26H26FN3O5S/c1-18-5-3-8-23(13-18)29-12-11-28(16-19(29)2)26(31)21-9-10-25(24(15-21)30(32)33)36(34,35)17-20-6-4-7-22(27)14-20/h3-10,13-15,19H,11-12,16-17H2,1-2H3/t19-/m1/s1. The fourth-order valence-electron chi connectivity index (χ4n) is 4.49. The highest BCUT2D eigenvalue weighted by atomic mass is 32.2. The number of halogens is 1. The van der Waals surface area contributed by atoms with Crippen LogP contribution >= 0.6 is 0 Å². The smallest absolute Gasteiger partial charge is 0.288 e. The van der Waals surface area contributed by atoms with Gasteiger partial charge in [-0.2, -0.15) is 0 Å². The van der Waals surface area contributed by atoms with Crippen molar-refractivity contribution in [3.05, 3.63) is 99.4 Å². The van der Waals surface area contributed by atoms with Gasteiger partial charge in [0.2, 0.25) is 0 Å². The highest BCUT2D eigenvalue weighted by Crippen LogP contribution is 2.29. The Kier molecular flexibility index (Phi) is 7.07. The summed E-state index contributed by atoms with van der Waals surface area (Å²) in [6, 6.07) is 16.6. The van der Waals surface area contributed by atoms with Gasteiger partial charge in [0.25, 0.3) is 11.6 Å². The summed E-state index contributed by atoms with van der Waals surface area (Å²) in [6.07, 6.45) is 0. The van der Waals surface area contributed by atoms with Gasteiger partial charge in [0.15, 0.2) is 9.84 Å². The van der Waals surface area contributed by atoms with Crippen LogP contribution in [0.15, 0.2) is 71.6 Å². The molecule has 0 bridgehead atoms. The number of carbonyl (C=O) groups excluding carboxylic acids is 1. The molecule has 188 valence electrons. The van der Waals surface area contributed by atoms with E-state index in [4.69, 9.17) is 0 Å². The molecular weight excluding hydrogens is 485 g/mol. The Hall–Kier alpha value is -3.79. The van der Waals surface area contributed by atoms with Gasteiger partial charge in [0.05, 0.1) is 10.7 Å². The quantitative estimate of drug-likeness (QED) is 0.360. The van der Waals surface area contributed by atoms with E-state index in [2.05, 4.69) is 11.0 Å². The second-order valence-electron chi connectivity index (χ2n) is 8.96. The van der Waals surface area contributed by atoms with E-state index in [0.29, 0.717) is 19.6 Å². The predicted molar refractivity (Wildman–Crippen MR) is 134 cm³/mol. The molecule has 0 N–H and O–H groups in total. The summed E-state index contributed by atoms with van der Waals surface area (Å²) in [7, 11) is -4.16. The third-order valence-corrected chi connectivity index (χ3v) is 7.96. The van der Waals surface area contributed by atoms with Crippen LogP contribution in [0.25, 0.3) is 0 Å². The number of nitrogens with zero attached hydrogens (tertiary/aromatic N) is 3. The van der Waals surface area contributed by atoms with Crippen molar-refractivity contribution >= 4 is 27.1 Å². The van der Waals surface area contributed by atoms with Crippen molar-refractivity contribution < 1.29 is 22.5 Å². The minimum atomic E-state index is -4.16. The molecule has 1 fully saturated rings. The molecule has 3 aromatic carbocycles. The van der Waals surface area contributed by atoms with Crippen molar-refractivity contribution in [2.24, 2.45) is 0 Å². The van der Waals surface area contributed by atoms with Crippen molar-refractivity contribution in [1.29, 1.82) is 0 Å². The highest BCUT2D eigenvalue weighted by molar-refractivity contribution is 7.90. The van der Waals surface area contributed by atoms with Crippen molar-refractivity contribution in [2.75, 3.05) is 24.5 Å². The van der Waals surface area contributed by atoms with Gasteiger partial charge in [-0.25, -0.2) is 12.8 Å². The molecule has 0 spiro atoms. The van der Waals surface area contributed by atoms with E-state index in [1.165, 1.54) is 24.3 Å². The Morgan fingerprint density at radius 2 is 1.83 bits per heavy atom. The molecule has 0 aromatic heterocycles. The zero-order chi connectivity index (χ0) is 26.0. The molecule has 1 amide bonds. The first kappa shape index (κ1) is 25.3. The second kappa shape index (κ2) is 10.1. The number of carbonyl (C=O) groups is 1. The van der Waals surface area contributed by atoms with E-state index in [9.17, 15) is 27.7 Å². The Bertz CT molecular complexity index is 1430. The molecule has 0 saturated carbocycles. The normalized spacial score (nSPS) is 16.1. The van der Waals surface area contributed by atoms with Crippen molar-refractivity contribution in [3.8, 4) is 0 Å². The molecule has 3 aromatic rings. The van der Waals surface area contributed by atoms with Gasteiger partial charge in [-0.3, -0.25) is 14.9 Å². The van der Waals surface area contributed by atoms with Crippen molar-refractivity contribution in [3.63, 3.8) is 0 Å². The number of anilines is 1. The Morgan fingerprint density at radius 3 is 2.50 bits per heavy atom. The molecule has 0 radical (unpaired) electrons. The van der Waals surface area contributed by atoms with E-state index in [1.54, 1.807) is 4.90 Å². The summed E-state index contributed by atoms with van der Waals surface area (Å²) < 4.78 is 39.4. The lowest BCUT2D eigenvalue weighted by molar-refractivity contribution is -0.387. The SMILES string of the molecule is Cc1cccc(N2CCN(C(=O)c3ccc(S(=O)(=O)Cc4cccc(F)c4)c([N+](=O)[O-])c3)C[C@H]2C)c1. The van der Waals surface area contributed by atoms with Gasteiger partial charge in [0, 0.05) is 43.0 Å². The summed E-state index contributed by atoms with van der Waals surface area (Å²) in [4.78, 5) is 27.5. The van der Waals surface area contributed by atoms with Crippen LogP contribution in [0.3, 0.4) is 0 Å². The van der Waals surface area contributed by atoms with E-state index in [0.717, 1.165) is 29.4 Å². The molecule has 8 nitrogen and oxygen atoms in total. The lowest BCUT2D eigenvalue weighted by atomic mass is 10.1. The molecule has 0 unspecified atom stereocenters. The number of hydrogen-bond donors (Lipinski definition) is 0. The minimum absolute atomic E-state index is 0.0189. The second-order valence-corrected chi connectivity index (χ2v) is 10.9. The summed E-state index contributed by atoms with van der Waals surface area (Å²) in [5.74, 6) is -1.60. The van der Waals surface area contributed by atoms with Crippen LogP contribution in [0.4, 0.5) is 15.8 Å². The summed E-state index contributed by atoms with van der Waals surface area (Å²) >= 11 is 0. The molecule has 1 saturated heterocycles. The third-order valence-electron chi connectivity index (χ3n) is 6.23. The molecule has 1 heterocycles. The van der Waals surface area contributed by atoms with Gasteiger partial charge in [-0.1, -0.05) is 24.3 Å². The first-order valence-corrected chi connectivity index (χ1v) is 13.1. The van der Waals surface area contributed by atoms with Crippen molar-refractivity contribution in [2.45, 2.75) is 30.5 Å². The first-order chi connectivity index (χ1) is 17.0. The van der Waals surface area contributed by atoms with E-state index >= 15 is 0 Å². The zero-order valence-electron chi connectivity index (χ0n) is 19.9. The predicted octanol–water partition coefficient (Wildman–Crippen LogP) is 4.37. The maximum atomic E-state index is 13.5. The minimum Gasteiger partial charge on any atom is -0.365 e. The number of sulfone groups is 1. The molecule has 0 aliphatic carbocycles. The number of amides is 1. The fraction of sp³-hybridized carbons (Fsp3) is 0.269. The maximum absolute atomic E-state index is 13.5. The molecule has 1 aliphatic heterocycles. The van der Waals surface area contributed by atoms with Gasteiger partial charge < -0.3 is 9.80 Å². The number of rotatable bonds is 6. The van der Waals surface area contributed by atoms with Crippen LogP contribution < -0.4 is 4.90 Å². The van der Waals surface area contributed by atoms with Crippen LogP contribution in [0.5, 0.6) is 0 Å². The Labute approximate surface area is 209 Å². The number of nitro groups is 1. The van der Waals surface area contributed by atoms with E-state index in [-0.39, 0.29) is 17.2 Å². The fourth-order valence-corrected chi connectivity index (χ4v) is 6.00. The maximum Gasteiger partial charge on any atom is 0.288 e. The highest BCUT2D eigenvalue weighted by Gasteiger charge is 2.31. The van der Waals surface area contributed by atoms with Crippen LogP contribution in [-0.2, 0) is 15.6 Å². The summed E-state index contributed by atoms with van der Waals surface area (Å²) in [6.45, 7) is 5.46. The zero-order valence-corrected chi connectivity index (χ0v) is 20.7. The van der Waals surface area contributed by atoms with Gasteiger partial charge in [-0.15, -0.1) is 0 Å².